The summed E-state index contributed by atoms with van der Waals surface area (Å²) in [6.07, 6.45) is 7.71. The highest BCUT2D eigenvalue weighted by molar-refractivity contribution is 5.63. The molecule has 2 nitrogen and oxygen atoms in total. The number of unbranched alkanes of at least 4 members (excludes halogenated alkanes) is 1. The maximum absolute atomic E-state index is 6.11. The van der Waals surface area contributed by atoms with E-state index in [1.54, 1.807) is 0 Å². The predicted molar refractivity (Wildman–Crippen MR) is 106 cm³/mol. The molecule has 0 spiro atoms. The van der Waals surface area contributed by atoms with Gasteiger partial charge in [0.1, 0.15) is 6.23 Å². The molecule has 0 aliphatic carbocycles. The minimum absolute atomic E-state index is 0.282. The molecule has 0 aromatic heterocycles. The second-order valence-electron chi connectivity index (χ2n) is 7.24. The number of aryl methyl sites for hydroxylation is 1. The second kappa shape index (κ2) is 9.17. The maximum atomic E-state index is 6.11. The van der Waals surface area contributed by atoms with E-state index in [9.17, 15) is 0 Å². The highest BCUT2D eigenvalue weighted by Crippen LogP contribution is 2.22. The van der Waals surface area contributed by atoms with E-state index < -0.39 is 0 Å². The highest BCUT2D eigenvalue weighted by atomic mass is 16.5. The van der Waals surface area contributed by atoms with E-state index in [4.69, 9.17) is 4.74 Å². The van der Waals surface area contributed by atoms with Crippen molar-refractivity contribution in [3.05, 3.63) is 59.7 Å². The van der Waals surface area contributed by atoms with Crippen LogP contribution in [0, 0.1) is 0 Å². The molecular formula is C23H31NO. The molecule has 3 rings (SSSR count). The molecule has 2 heteroatoms. The molecule has 1 aliphatic rings. The molecule has 0 radical (unpaired) electrons. The van der Waals surface area contributed by atoms with Crippen molar-refractivity contribution in [3.63, 3.8) is 0 Å². The molecule has 0 amide bonds. The summed E-state index contributed by atoms with van der Waals surface area (Å²) in [5, 5.41) is 0. The van der Waals surface area contributed by atoms with Gasteiger partial charge >= 0.3 is 0 Å². The Labute approximate surface area is 152 Å². The summed E-state index contributed by atoms with van der Waals surface area (Å²) in [4.78, 5) is 2.33. The summed E-state index contributed by atoms with van der Waals surface area (Å²) < 4.78 is 6.11. The number of nitrogens with zero attached hydrogens (tertiary/aromatic N) is 1. The summed E-state index contributed by atoms with van der Waals surface area (Å²) >= 11 is 0. The molecule has 1 aliphatic heterocycles. The van der Waals surface area contributed by atoms with Gasteiger partial charge in [0.25, 0.3) is 0 Å². The SMILES string of the molecule is CCCCc1ccc(-c2ccc(COC3CCCCN3C)cc2)cc1. The largest absolute Gasteiger partial charge is 0.358 e. The quantitative estimate of drug-likeness (QED) is 0.647. The summed E-state index contributed by atoms with van der Waals surface area (Å²) in [6.45, 7) is 4.09. The van der Waals surface area contributed by atoms with Crippen LogP contribution in [0.2, 0.25) is 0 Å². The lowest BCUT2D eigenvalue weighted by Gasteiger charge is -2.32. The normalized spacial score (nSPS) is 18.4. The first kappa shape index (κ1) is 18.2. The molecule has 1 saturated heterocycles. The van der Waals surface area contributed by atoms with E-state index in [0.29, 0.717) is 6.61 Å². The number of rotatable bonds is 7. The molecule has 1 heterocycles. The van der Waals surface area contributed by atoms with Crippen molar-refractivity contribution in [2.24, 2.45) is 0 Å². The Morgan fingerprint density at radius 2 is 1.56 bits per heavy atom. The van der Waals surface area contributed by atoms with Gasteiger partial charge in [0.2, 0.25) is 0 Å². The Balaban J connectivity index is 1.56. The van der Waals surface area contributed by atoms with Crippen molar-refractivity contribution in [2.75, 3.05) is 13.6 Å². The molecule has 2 aromatic rings. The number of piperidine rings is 1. The molecule has 1 fully saturated rings. The number of likely N-dealkylation sites (tertiary alicyclic amines) is 1. The van der Waals surface area contributed by atoms with Crippen LogP contribution in [0.3, 0.4) is 0 Å². The van der Waals surface area contributed by atoms with E-state index in [1.165, 1.54) is 54.4 Å². The van der Waals surface area contributed by atoms with Crippen LogP contribution in [-0.4, -0.2) is 24.7 Å². The van der Waals surface area contributed by atoms with Crippen LogP contribution in [0.5, 0.6) is 0 Å². The molecule has 2 aromatic carbocycles. The van der Waals surface area contributed by atoms with Gasteiger partial charge in [-0.2, -0.15) is 0 Å². The van der Waals surface area contributed by atoms with Crippen LogP contribution in [0.25, 0.3) is 11.1 Å². The predicted octanol–water partition coefficient (Wildman–Crippen LogP) is 5.65. The van der Waals surface area contributed by atoms with Gasteiger partial charge < -0.3 is 4.74 Å². The van der Waals surface area contributed by atoms with E-state index in [1.807, 2.05) is 0 Å². The number of hydrogen-bond acceptors (Lipinski definition) is 2. The zero-order valence-corrected chi connectivity index (χ0v) is 15.7. The third-order valence-corrected chi connectivity index (χ3v) is 5.21. The smallest absolute Gasteiger partial charge is 0.110 e. The Morgan fingerprint density at radius 3 is 2.16 bits per heavy atom. The Kier molecular flexibility index (Phi) is 6.66. The van der Waals surface area contributed by atoms with Gasteiger partial charge in [0, 0.05) is 6.54 Å². The van der Waals surface area contributed by atoms with Crippen molar-refractivity contribution in [3.8, 4) is 11.1 Å². The minimum atomic E-state index is 0.282. The first-order valence-corrected chi connectivity index (χ1v) is 9.76. The fourth-order valence-electron chi connectivity index (χ4n) is 3.49. The van der Waals surface area contributed by atoms with Crippen molar-refractivity contribution in [2.45, 2.75) is 58.3 Å². The van der Waals surface area contributed by atoms with Crippen molar-refractivity contribution < 1.29 is 4.74 Å². The van der Waals surface area contributed by atoms with Gasteiger partial charge in [0.05, 0.1) is 6.61 Å². The summed E-state index contributed by atoms with van der Waals surface area (Å²) in [7, 11) is 2.16. The van der Waals surface area contributed by atoms with Crippen LogP contribution in [0.1, 0.15) is 50.2 Å². The van der Waals surface area contributed by atoms with Gasteiger partial charge in [0.15, 0.2) is 0 Å². The number of hydrogen-bond donors (Lipinski definition) is 0. The van der Waals surface area contributed by atoms with E-state index in [2.05, 4.69) is 67.4 Å². The molecule has 0 bridgehead atoms. The molecule has 0 N–H and O–H groups in total. The first-order chi connectivity index (χ1) is 12.3. The van der Waals surface area contributed by atoms with Crippen LogP contribution in [0.15, 0.2) is 48.5 Å². The monoisotopic (exact) mass is 337 g/mol. The Morgan fingerprint density at radius 1 is 0.920 bits per heavy atom. The Bertz CT molecular complexity index is 632. The molecule has 1 atom stereocenters. The van der Waals surface area contributed by atoms with Crippen molar-refractivity contribution >= 4 is 0 Å². The summed E-state index contributed by atoms with van der Waals surface area (Å²) in [6, 6.07) is 17.8. The fourth-order valence-corrected chi connectivity index (χ4v) is 3.49. The van der Waals surface area contributed by atoms with Gasteiger partial charge in [-0.05, 0) is 61.4 Å². The molecule has 0 saturated carbocycles. The second-order valence-corrected chi connectivity index (χ2v) is 7.24. The standard InChI is InChI=1S/C23H31NO/c1-3-4-7-19-9-13-21(14-10-19)22-15-11-20(12-16-22)18-25-23-8-5-6-17-24(23)2/h9-16,23H,3-8,17-18H2,1-2H3. The average Bonchev–Trinajstić information content (AvgIpc) is 2.67. The zero-order chi connectivity index (χ0) is 17.5. The van der Waals surface area contributed by atoms with Crippen molar-refractivity contribution in [1.82, 2.24) is 4.90 Å². The third kappa shape index (κ3) is 5.17. The summed E-state index contributed by atoms with van der Waals surface area (Å²) in [5.41, 5.74) is 5.26. The van der Waals surface area contributed by atoms with Gasteiger partial charge in [-0.15, -0.1) is 0 Å². The van der Waals surface area contributed by atoms with E-state index in [-0.39, 0.29) is 6.23 Å². The molecule has 134 valence electrons. The van der Waals surface area contributed by atoms with Crippen LogP contribution in [-0.2, 0) is 17.8 Å². The van der Waals surface area contributed by atoms with Crippen LogP contribution >= 0.6 is 0 Å². The van der Waals surface area contributed by atoms with Crippen LogP contribution < -0.4 is 0 Å². The lowest BCUT2D eigenvalue weighted by molar-refractivity contribution is -0.0761. The fraction of sp³-hybridized carbons (Fsp3) is 0.478. The summed E-state index contributed by atoms with van der Waals surface area (Å²) in [5.74, 6) is 0. The van der Waals surface area contributed by atoms with E-state index >= 15 is 0 Å². The minimum Gasteiger partial charge on any atom is -0.358 e. The zero-order valence-electron chi connectivity index (χ0n) is 15.7. The average molecular weight is 338 g/mol. The van der Waals surface area contributed by atoms with Crippen molar-refractivity contribution in [1.29, 1.82) is 0 Å². The van der Waals surface area contributed by atoms with Gasteiger partial charge in [-0.25, -0.2) is 0 Å². The maximum Gasteiger partial charge on any atom is 0.110 e. The lowest BCUT2D eigenvalue weighted by Crippen LogP contribution is -2.37. The highest BCUT2D eigenvalue weighted by Gasteiger charge is 2.18. The Hall–Kier alpha value is -1.64. The number of ether oxygens (including phenoxy) is 1. The van der Waals surface area contributed by atoms with Gasteiger partial charge in [-0.3, -0.25) is 4.90 Å². The molecule has 25 heavy (non-hydrogen) atoms. The van der Waals surface area contributed by atoms with E-state index in [0.717, 1.165) is 13.0 Å². The number of benzene rings is 2. The molecular weight excluding hydrogens is 306 g/mol. The lowest BCUT2D eigenvalue weighted by atomic mass is 10.0. The van der Waals surface area contributed by atoms with Crippen LogP contribution in [0.4, 0.5) is 0 Å². The first-order valence-electron chi connectivity index (χ1n) is 9.76. The molecule has 1 unspecified atom stereocenters. The van der Waals surface area contributed by atoms with Gasteiger partial charge in [-0.1, -0.05) is 61.9 Å². The third-order valence-electron chi connectivity index (χ3n) is 5.21. The topological polar surface area (TPSA) is 12.5 Å².